The zero-order valence-corrected chi connectivity index (χ0v) is 19.1. The molecule has 2 aromatic rings. The van der Waals surface area contributed by atoms with Crippen molar-refractivity contribution in [3.05, 3.63) is 47.5 Å². The van der Waals surface area contributed by atoms with Gasteiger partial charge in [0.15, 0.2) is 0 Å². The Balaban J connectivity index is 1.93. The van der Waals surface area contributed by atoms with Crippen LogP contribution in [0.15, 0.2) is 36.4 Å². The van der Waals surface area contributed by atoms with Crippen LogP contribution < -0.4 is 33.6 Å². The van der Waals surface area contributed by atoms with Gasteiger partial charge in [-0.1, -0.05) is 0 Å². The lowest BCUT2D eigenvalue weighted by Crippen LogP contribution is -2.25. The first-order chi connectivity index (χ1) is 16.2. The van der Waals surface area contributed by atoms with E-state index in [2.05, 4.69) is 10.6 Å². The Kier molecular flexibility index (Phi) is 9.96. The lowest BCUT2D eigenvalue weighted by atomic mass is 10.1. The second-order valence-corrected chi connectivity index (χ2v) is 7.50. The van der Waals surface area contributed by atoms with E-state index in [1.807, 2.05) is 0 Å². The molecule has 2 amide bonds. The summed E-state index contributed by atoms with van der Waals surface area (Å²) in [5, 5.41) is 6.40. The molecule has 0 bridgehead atoms. The number of anilines is 4. The van der Waals surface area contributed by atoms with E-state index in [4.69, 9.17) is 32.4 Å². The number of primary amides is 2. The molecular formula is C23H32N6O5. The Labute approximate surface area is 198 Å². The number of hydrogen-bond acceptors (Lipinski definition) is 9. The number of esters is 1. The SMILES string of the molecule is CCOC(=O)COC(CCNc1ccc(C(N)=O)cc1N)CCNc1ccc(C(N)=O)cc1N. The number of rotatable bonds is 14. The van der Waals surface area contributed by atoms with E-state index in [1.54, 1.807) is 31.2 Å². The average Bonchev–Trinajstić information content (AvgIpc) is 2.79. The van der Waals surface area contributed by atoms with Crippen LogP contribution in [0.4, 0.5) is 22.7 Å². The van der Waals surface area contributed by atoms with Crippen molar-refractivity contribution < 1.29 is 23.9 Å². The molecule has 34 heavy (non-hydrogen) atoms. The van der Waals surface area contributed by atoms with Gasteiger partial charge >= 0.3 is 5.97 Å². The summed E-state index contributed by atoms with van der Waals surface area (Å²) in [7, 11) is 0. The van der Waals surface area contributed by atoms with Gasteiger partial charge in [-0.2, -0.15) is 0 Å². The molecule has 0 saturated heterocycles. The van der Waals surface area contributed by atoms with Crippen LogP contribution in [0.1, 0.15) is 40.5 Å². The quantitative estimate of drug-likeness (QED) is 0.173. The molecule has 0 atom stereocenters. The average molecular weight is 473 g/mol. The van der Waals surface area contributed by atoms with Crippen molar-refractivity contribution in [2.75, 3.05) is 48.4 Å². The van der Waals surface area contributed by atoms with E-state index < -0.39 is 17.8 Å². The lowest BCUT2D eigenvalue weighted by Gasteiger charge is -2.20. The van der Waals surface area contributed by atoms with Crippen LogP contribution >= 0.6 is 0 Å². The van der Waals surface area contributed by atoms with E-state index in [9.17, 15) is 14.4 Å². The molecule has 11 heteroatoms. The smallest absolute Gasteiger partial charge is 0.332 e. The highest BCUT2D eigenvalue weighted by Gasteiger charge is 2.14. The summed E-state index contributed by atoms with van der Waals surface area (Å²) in [6.07, 6.45) is 0.851. The maximum Gasteiger partial charge on any atom is 0.332 e. The Bertz CT molecular complexity index is 944. The first kappa shape index (κ1) is 26.3. The predicted molar refractivity (Wildman–Crippen MR) is 131 cm³/mol. The third kappa shape index (κ3) is 8.17. The second kappa shape index (κ2) is 12.9. The molecule has 0 saturated carbocycles. The highest BCUT2D eigenvalue weighted by atomic mass is 16.6. The number of nitrogens with two attached hydrogens (primary N) is 4. The molecule has 0 heterocycles. The Hall–Kier alpha value is -3.99. The predicted octanol–water partition coefficient (Wildman–Crippen LogP) is 1.30. The first-order valence-electron chi connectivity index (χ1n) is 10.8. The topological polar surface area (TPSA) is 198 Å². The van der Waals surface area contributed by atoms with E-state index in [0.29, 0.717) is 59.8 Å². The number of amides is 2. The summed E-state index contributed by atoms with van der Waals surface area (Å²) >= 11 is 0. The van der Waals surface area contributed by atoms with Crippen LogP contribution in [0.5, 0.6) is 0 Å². The fourth-order valence-corrected chi connectivity index (χ4v) is 3.19. The summed E-state index contributed by atoms with van der Waals surface area (Å²) in [5.41, 5.74) is 25.3. The molecule has 2 aromatic carbocycles. The highest BCUT2D eigenvalue weighted by Crippen LogP contribution is 2.21. The second-order valence-electron chi connectivity index (χ2n) is 7.50. The fraction of sp³-hybridized carbons (Fsp3) is 0.348. The third-order valence-corrected chi connectivity index (χ3v) is 4.98. The minimum absolute atomic E-state index is 0.163. The number of nitrogen functional groups attached to an aromatic ring is 2. The normalized spacial score (nSPS) is 10.6. The lowest BCUT2D eigenvalue weighted by molar-refractivity contribution is -0.150. The molecule has 2 rings (SSSR count). The van der Waals surface area contributed by atoms with E-state index in [-0.39, 0.29) is 19.3 Å². The van der Waals surface area contributed by atoms with Crippen LogP contribution in [0, 0.1) is 0 Å². The number of benzene rings is 2. The van der Waals surface area contributed by atoms with Crippen LogP contribution in [-0.2, 0) is 14.3 Å². The molecule has 184 valence electrons. The standard InChI is InChI=1S/C23H32N6O5/c1-2-33-21(30)13-34-16(7-9-28-19-5-3-14(22(26)31)11-17(19)24)8-10-29-20-6-4-15(23(27)32)12-18(20)25/h3-6,11-12,16,28-29H,2,7-10,13,24-25H2,1H3,(H2,26,31)(H2,27,32). The number of ether oxygens (including phenoxy) is 2. The van der Waals surface area contributed by atoms with Crippen LogP contribution in [0.2, 0.25) is 0 Å². The minimum atomic E-state index is -0.553. The zero-order valence-electron chi connectivity index (χ0n) is 19.1. The van der Waals surface area contributed by atoms with E-state index in [1.165, 1.54) is 12.1 Å². The Morgan fingerprint density at radius 1 is 0.853 bits per heavy atom. The summed E-state index contributed by atoms with van der Waals surface area (Å²) in [6.45, 7) is 2.84. The summed E-state index contributed by atoms with van der Waals surface area (Å²) in [5.74, 6) is -1.54. The molecule has 0 fully saturated rings. The molecule has 0 aliphatic carbocycles. The first-order valence-corrected chi connectivity index (χ1v) is 10.8. The Morgan fingerprint density at radius 3 is 1.71 bits per heavy atom. The minimum Gasteiger partial charge on any atom is -0.464 e. The largest absolute Gasteiger partial charge is 0.464 e. The van der Waals surface area contributed by atoms with Gasteiger partial charge in [-0.05, 0) is 56.2 Å². The van der Waals surface area contributed by atoms with Crippen molar-refractivity contribution >= 4 is 40.5 Å². The number of hydrogen-bond donors (Lipinski definition) is 6. The third-order valence-electron chi connectivity index (χ3n) is 4.98. The van der Waals surface area contributed by atoms with Crippen molar-refractivity contribution in [1.82, 2.24) is 0 Å². The highest BCUT2D eigenvalue weighted by molar-refractivity contribution is 5.95. The van der Waals surface area contributed by atoms with Gasteiger partial charge in [-0.3, -0.25) is 9.59 Å². The van der Waals surface area contributed by atoms with Crippen molar-refractivity contribution in [3.8, 4) is 0 Å². The van der Waals surface area contributed by atoms with Gasteiger partial charge in [0.1, 0.15) is 6.61 Å². The van der Waals surface area contributed by atoms with Crippen molar-refractivity contribution in [1.29, 1.82) is 0 Å². The van der Waals surface area contributed by atoms with Crippen LogP contribution in [0.3, 0.4) is 0 Å². The Morgan fingerprint density at radius 2 is 1.32 bits per heavy atom. The van der Waals surface area contributed by atoms with Gasteiger partial charge in [0, 0.05) is 24.2 Å². The van der Waals surface area contributed by atoms with Gasteiger partial charge in [0.05, 0.1) is 35.5 Å². The van der Waals surface area contributed by atoms with Crippen molar-refractivity contribution in [2.24, 2.45) is 11.5 Å². The van der Waals surface area contributed by atoms with Gasteiger partial charge < -0.3 is 43.0 Å². The van der Waals surface area contributed by atoms with Gasteiger partial charge in [0.2, 0.25) is 11.8 Å². The molecule has 0 spiro atoms. The van der Waals surface area contributed by atoms with Crippen LogP contribution in [0.25, 0.3) is 0 Å². The van der Waals surface area contributed by atoms with E-state index in [0.717, 1.165) is 0 Å². The fourth-order valence-electron chi connectivity index (χ4n) is 3.19. The number of carbonyl (C=O) groups is 3. The van der Waals surface area contributed by atoms with E-state index >= 15 is 0 Å². The maximum absolute atomic E-state index is 11.7. The molecule has 11 nitrogen and oxygen atoms in total. The summed E-state index contributed by atoms with van der Waals surface area (Å²) in [6, 6.07) is 9.57. The molecule has 0 aliphatic rings. The molecule has 0 unspecified atom stereocenters. The number of carbonyl (C=O) groups excluding carboxylic acids is 3. The maximum atomic E-state index is 11.7. The van der Waals surface area contributed by atoms with Gasteiger partial charge in [-0.15, -0.1) is 0 Å². The molecule has 0 aromatic heterocycles. The molecule has 0 radical (unpaired) electrons. The zero-order chi connectivity index (χ0) is 25.1. The molecule has 10 N–H and O–H groups in total. The molecular weight excluding hydrogens is 440 g/mol. The summed E-state index contributed by atoms with van der Waals surface area (Å²) in [4.78, 5) is 34.3. The summed E-state index contributed by atoms with van der Waals surface area (Å²) < 4.78 is 10.7. The van der Waals surface area contributed by atoms with Gasteiger partial charge in [-0.25, -0.2) is 4.79 Å². The molecule has 0 aliphatic heterocycles. The van der Waals surface area contributed by atoms with Gasteiger partial charge in [0.25, 0.3) is 0 Å². The number of nitrogens with one attached hydrogen (secondary N) is 2. The van der Waals surface area contributed by atoms with Crippen molar-refractivity contribution in [3.63, 3.8) is 0 Å². The van der Waals surface area contributed by atoms with Crippen molar-refractivity contribution in [2.45, 2.75) is 25.9 Å². The van der Waals surface area contributed by atoms with Crippen LogP contribution in [-0.4, -0.2) is 50.2 Å². The monoisotopic (exact) mass is 472 g/mol.